The number of benzene rings is 2. The summed E-state index contributed by atoms with van der Waals surface area (Å²) in [7, 11) is 0. The minimum atomic E-state index is -4.41. The van der Waals surface area contributed by atoms with Crippen LogP contribution in [0.5, 0.6) is 5.75 Å². The molecule has 0 amide bonds. The fraction of sp³-hybridized carbons (Fsp3) is 0.227. The lowest BCUT2D eigenvalue weighted by Gasteiger charge is -2.26. The van der Waals surface area contributed by atoms with E-state index < -0.39 is 17.7 Å². The molecule has 0 aromatic heterocycles. The number of hydrogen-bond acceptors (Lipinski definition) is 2. The molecule has 1 N–H and O–H groups in total. The Kier molecular flexibility index (Phi) is 5.87. The second-order valence-corrected chi connectivity index (χ2v) is 6.55. The summed E-state index contributed by atoms with van der Waals surface area (Å²) in [5.74, 6) is -0.367. The van der Waals surface area contributed by atoms with Crippen LogP contribution in [0.15, 0.2) is 66.8 Å². The maximum Gasteiger partial charge on any atom is 0.416 e. The van der Waals surface area contributed by atoms with Crippen molar-refractivity contribution in [3.05, 3.63) is 83.4 Å². The molecule has 0 atom stereocenters. The zero-order chi connectivity index (χ0) is 20.1. The van der Waals surface area contributed by atoms with Crippen molar-refractivity contribution in [3.8, 4) is 5.75 Å². The Labute approximate surface area is 160 Å². The monoisotopic (exact) mass is 388 g/mol. The van der Waals surface area contributed by atoms with Crippen LogP contribution < -0.4 is 4.74 Å². The molecule has 0 spiro atoms. The molecular formula is C22H19F3O3. The smallest absolute Gasteiger partial charge is 0.416 e. The maximum atomic E-state index is 12.8. The number of carboxylic acids is 1. The molecule has 3 nitrogen and oxygen atoms in total. The van der Waals surface area contributed by atoms with Gasteiger partial charge < -0.3 is 9.84 Å². The van der Waals surface area contributed by atoms with Crippen molar-refractivity contribution in [1.29, 1.82) is 0 Å². The van der Waals surface area contributed by atoms with Gasteiger partial charge in [-0.15, -0.1) is 0 Å². The van der Waals surface area contributed by atoms with E-state index in [1.807, 2.05) is 24.3 Å². The predicted octanol–water partition coefficient (Wildman–Crippen LogP) is 5.71. The topological polar surface area (TPSA) is 46.5 Å². The van der Waals surface area contributed by atoms with E-state index in [0.717, 1.165) is 42.4 Å². The molecule has 28 heavy (non-hydrogen) atoms. The van der Waals surface area contributed by atoms with E-state index in [4.69, 9.17) is 9.84 Å². The van der Waals surface area contributed by atoms with Gasteiger partial charge in [0.25, 0.3) is 0 Å². The molecule has 6 heteroatoms. The lowest BCUT2D eigenvalue weighted by molar-refractivity contribution is -0.137. The number of halogens is 3. The minimum absolute atomic E-state index is 0.245. The number of rotatable bonds is 6. The number of alkyl halides is 3. The molecule has 0 heterocycles. The summed E-state index contributed by atoms with van der Waals surface area (Å²) in [5.41, 5.74) is 1.17. The summed E-state index contributed by atoms with van der Waals surface area (Å²) >= 11 is 0. The summed E-state index contributed by atoms with van der Waals surface area (Å²) in [6, 6.07) is 12.0. The molecule has 1 aliphatic rings. The van der Waals surface area contributed by atoms with Crippen molar-refractivity contribution in [2.45, 2.75) is 31.5 Å². The summed E-state index contributed by atoms with van der Waals surface area (Å²) in [5, 5.41) is 8.78. The summed E-state index contributed by atoms with van der Waals surface area (Å²) in [4.78, 5) is 10.7. The summed E-state index contributed by atoms with van der Waals surface area (Å²) in [6.07, 6.45) is 2.97. The van der Waals surface area contributed by atoms with Crippen molar-refractivity contribution in [3.63, 3.8) is 0 Å². The zero-order valence-electron chi connectivity index (χ0n) is 14.9. The maximum absolute atomic E-state index is 12.8. The van der Waals surface area contributed by atoms with Gasteiger partial charge >= 0.3 is 12.1 Å². The van der Waals surface area contributed by atoms with Gasteiger partial charge in [-0.05, 0) is 60.2 Å². The number of carboxylic acid groups (broad SMARTS) is 1. The highest BCUT2D eigenvalue weighted by atomic mass is 19.4. The SMILES string of the molecule is O=C(O)/C=C/C=C(\c1ccc(OC2CCC2)cc1)c1ccc(C(F)(F)F)cc1. The molecule has 1 saturated carbocycles. The lowest BCUT2D eigenvalue weighted by Crippen LogP contribution is -2.24. The highest BCUT2D eigenvalue weighted by Crippen LogP contribution is 2.32. The van der Waals surface area contributed by atoms with E-state index >= 15 is 0 Å². The molecule has 1 fully saturated rings. The standard InChI is InChI=1S/C22H19F3O3/c23-22(24,25)17-11-7-15(8-12-17)20(5-2-6-21(26)27)16-9-13-19(14-10-16)28-18-3-1-4-18/h2,5-14,18H,1,3-4H2,(H,26,27)/b6-2+,20-5-. The van der Waals surface area contributed by atoms with Gasteiger partial charge in [-0.25, -0.2) is 4.79 Å². The van der Waals surface area contributed by atoms with Crippen LogP contribution in [0.1, 0.15) is 36.0 Å². The molecule has 3 rings (SSSR count). The highest BCUT2D eigenvalue weighted by molar-refractivity contribution is 5.84. The van der Waals surface area contributed by atoms with E-state index in [0.29, 0.717) is 11.1 Å². The number of ether oxygens (including phenoxy) is 1. The molecule has 0 aliphatic heterocycles. The molecular weight excluding hydrogens is 369 g/mol. The second-order valence-electron chi connectivity index (χ2n) is 6.55. The second kappa shape index (κ2) is 8.33. The number of carbonyl (C=O) groups is 1. The van der Waals surface area contributed by atoms with Gasteiger partial charge in [0, 0.05) is 6.08 Å². The molecule has 0 saturated heterocycles. The highest BCUT2D eigenvalue weighted by Gasteiger charge is 2.30. The van der Waals surface area contributed by atoms with Gasteiger partial charge in [0.2, 0.25) is 0 Å². The van der Waals surface area contributed by atoms with E-state index in [-0.39, 0.29) is 6.10 Å². The first-order chi connectivity index (χ1) is 13.3. The van der Waals surface area contributed by atoms with Crippen LogP contribution in [0.2, 0.25) is 0 Å². The van der Waals surface area contributed by atoms with Gasteiger partial charge in [-0.3, -0.25) is 0 Å². The normalized spacial score (nSPS) is 15.5. The van der Waals surface area contributed by atoms with Gasteiger partial charge in [-0.1, -0.05) is 36.4 Å². The first-order valence-corrected chi connectivity index (χ1v) is 8.89. The van der Waals surface area contributed by atoms with E-state index in [2.05, 4.69) is 0 Å². The van der Waals surface area contributed by atoms with Crippen LogP contribution in [0.4, 0.5) is 13.2 Å². The van der Waals surface area contributed by atoms with E-state index in [1.165, 1.54) is 24.6 Å². The quantitative estimate of drug-likeness (QED) is 0.509. The van der Waals surface area contributed by atoms with Crippen molar-refractivity contribution in [2.24, 2.45) is 0 Å². The van der Waals surface area contributed by atoms with Crippen LogP contribution in [-0.2, 0) is 11.0 Å². The van der Waals surface area contributed by atoms with Crippen LogP contribution in [0.25, 0.3) is 5.57 Å². The Morgan fingerprint density at radius 1 is 1.00 bits per heavy atom. The molecule has 146 valence electrons. The summed E-state index contributed by atoms with van der Waals surface area (Å²) < 4.78 is 44.3. The number of aliphatic carboxylic acids is 1. The van der Waals surface area contributed by atoms with Crippen LogP contribution in [0.3, 0.4) is 0 Å². The van der Waals surface area contributed by atoms with Crippen molar-refractivity contribution in [1.82, 2.24) is 0 Å². The average molecular weight is 388 g/mol. The molecule has 0 bridgehead atoms. The molecule has 0 radical (unpaired) electrons. The molecule has 2 aromatic carbocycles. The third kappa shape index (κ3) is 5.03. The Bertz CT molecular complexity index is 875. The lowest BCUT2D eigenvalue weighted by atomic mass is 9.95. The molecule has 2 aromatic rings. The Morgan fingerprint density at radius 2 is 1.57 bits per heavy atom. The Morgan fingerprint density at radius 3 is 2.04 bits per heavy atom. The van der Waals surface area contributed by atoms with Gasteiger partial charge in [-0.2, -0.15) is 13.2 Å². The summed E-state index contributed by atoms with van der Waals surface area (Å²) in [6.45, 7) is 0. The Balaban J connectivity index is 1.89. The van der Waals surface area contributed by atoms with Crippen molar-refractivity contribution in [2.75, 3.05) is 0 Å². The first-order valence-electron chi connectivity index (χ1n) is 8.89. The zero-order valence-corrected chi connectivity index (χ0v) is 14.9. The first kappa shape index (κ1) is 19.7. The third-order valence-corrected chi connectivity index (χ3v) is 4.55. The number of allylic oxidation sites excluding steroid dienone is 2. The van der Waals surface area contributed by atoms with Crippen molar-refractivity contribution < 1.29 is 27.8 Å². The number of hydrogen-bond donors (Lipinski definition) is 1. The van der Waals surface area contributed by atoms with Crippen LogP contribution >= 0.6 is 0 Å². The molecule has 0 unspecified atom stereocenters. The van der Waals surface area contributed by atoms with Crippen molar-refractivity contribution >= 4 is 11.5 Å². The average Bonchev–Trinajstić information content (AvgIpc) is 2.62. The van der Waals surface area contributed by atoms with Gasteiger partial charge in [0.1, 0.15) is 5.75 Å². The van der Waals surface area contributed by atoms with Crippen LogP contribution in [-0.4, -0.2) is 17.2 Å². The fourth-order valence-electron chi connectivity index (χ4n) is 2.82. The largest absolute Gasteiger partial charge is 0.490 e. The van der Waals surface area contributed by atoms with E-state index in [1.54, 1.807) is 6.08 Å². The van der Waals surface area contributed by atoms with Crippen LogP contribution in [0, 0.1) is 0 Å². The van der Waals surface area contributed by atoms with Gasteiger partial charge in [0.15, 0.2) is 0 Å². The minimum Gasteiger partial charge on any atom is -0.490 e. The molecule has 1 aliphatic carbocycles. The third-order valence-electron chi connectivity index (χ3n) is 4.55. The Hall–Kier alpha value is -3.02. The fourth-order valence-corrected chi connectivity index (χ4v) is 2.82. The predicted molar refractivity (Wildman–Crippen MR) is 100 cm³/mol. The van der Waals surface area contributed by atoms with Gasteiger partial charge in [0.05, 0.1) is 11.7 Å². The van der Waals surface area contributed by atoms with E-state index in [9.17, 15) is 18.0 Å².